The number of anilines is 1. The summed E-state index contributed by atoms with van der Waals surface area (Å²) in [6, 6.07) is 7.95. The summed E-state index contributed by atoms with van der Waals surface area (Å²) >= 11 is 3.33. The molecule has 2 rings (SSSR count). The zero-order valence-electron chi connectivity index (χ0n) is 11.6. The number of hydrogen-bond donors (Lipinski definition) is 1. The van der Waals surface area contributed by atoms with Gasteiger partial charge in [-0.3, -0.25) is 9.78 Å². The normalized spacial score (nSPS) is 11.8. The molecule has 0 saturated carbocycles. The van der Waals surface area contributed by atoms with Gasteiger partial charge >= 0.3 is 0 Å². The van der Waals surface area contributed by atoms with Crippen molar-refractivity contribution >= 4 is 27.5 Å². The lowest BCUT2D eigenvalue weighted by molar-refractivity contribution is -0.117. The number of nitrogens with zero attached hydrogens (tertiary/aromatic N) is 1. The van der Waals surface area contributed by atoms with Crippen LogP contribution in [0.5, 0.6) is 5.75 Å². The second-order valence-corrected chi connectivity index (χ2v) is 5.29. The van der Waals surface area contributed by atoms with Crippen molar-refractivity contribution in [2.45, 2.75) is 12.8 Å². The average molecular weight is 353 g/mol. The largest absolute Gasteiger partial charge is 0.495 e. The Kier molecular flexibility index (Phi) is 4.90. The topological polar surface area (TPSA) is 51.2 Å². The molecule has 0 aliphatic rings. The Labute approximate surface area is 130 Å². The van der Waals surface area contributed by atoms with E-state index in [0.29, 0.717) is 11.4 Å². The molecule has 2 aromatic rings. The first-order valence-electron chi connectivity index (χ1n) is 6.27. The Balaban J connectivity index is 2.16. The average Bonchev–Trinajstić information content (AvgIpc) is 2.49. The van der Waals surface area contributed by atoms with E-state index >= 15 is 0 Å². The van der Waals surface area contributed by atoms with E-state index in [1.807, 2.05) is 0 Å². The van der Waals surface area contributed by atoms with Crippen molar-refractivity contribution in [2.24, 2.45) is 0 Å². The molecule has 4 nitrogen and oxygen atoms in total. The van der Waals surface area contributed by atoms with E-state index < -0.39 is 11.7 Å². The molecule has 6 heteroatoms. The Morgan fingerprint density at radius 1 is 1.43 bits per heavy atom. The molecule has 110 valence electrons. The molecule has 21 heavy (non-hydrogen) atoms. The Bertz CT molecular complexity index is 664. The maximum Gasteiger partial charge on any atom is 0.233 e. The fourth-order valence-electron chi connectivity index (χ4n) is 1.83. The van der Waals surface area contributed by atoms with Crippen molar-refractivity contribution in [3.05, 3.63) is 52.5 Å². The standard InChI is InChI=1S/C15H14BrFN2O2/c1-9(14-12(17)4-3-7-18-14)15(20)19-10-5-6-11(16)13(8-10)21-2/h3-9H,1-2H3,(H,19,20). The number of halogens is 2. The van der Waals surface area contributed by atoms with E-state index in [1.54, 1.807) is 25.1 Å². The first-order valence-corrected chi connectivity index (χ1v) is 7.07. The molecule has 0 aliphatic carbocycles. The van der Waals surface area contributed by atoms with Gasteiger partial charge in [0.1, 0.15) is 11.6 Å². The first-order chi connectivity index (χ1) is 10.0. The van der Waals surface area contributed by atoms with Crippen molar-refractivity contribution in [1.29, 1.82) is 0 Å². The zero-order valence-corrected chi connectivity index (χ0v) is 13.1. The number of nitrogens with one attached hydrogen (secondary N) is 1. The van der Waals surface area contributed by atoms with E-state index in [1.165, 1.54) is 25.4 Å². The molecule has 1 heterocycles. The molecule has 1 aromatic heterocycles. The molecule has 0 spiro atoms. The number of hydrogen-bond acceptors (Lipinski definition) is 3. The van der Waals surface area contributed by atoms with Gasteiger partial charge in [-0.05, 0) is 47.1 Å². The Hall–Kier alpha value is -1.95. The molecule has 1 unspecified atom stereocenters. The number of benzene rings is 1. The van der Waals surface area contributed by atoms with Crippen LogP contribution >= 0.6 is 15.9 Å². The SMILES string of the molecule is COc1cc(NC(=O)C(C)c2ncccc2F)ccc1Br. The van der Waals surface area contributed by atoms with Gasteiger partial charge in [-0.2, -0.15) is 0 Å². The molecule has 1 atom stereocenters. The number of carbonyl (C=O) groups excluding carboxylic acids is 1. The van der Waals surface area contributed by atoms with E-state index in [9.17, 15) is 9.18 Å². The predicted molar refractivity (Wildman–Crippen MR) is 81.9 cm³/mol. The van der Waals surface area contributed by atoms with Crippen LogP contribution < -0.4 is 10.1 Å². The molecule has 1 N–H and O–H groups in total. The maximum absolute atomic E-state index is 13.6. The minimum absolute atomic E-state index is 0.124. The monoisotopic (exact) mass is 352 g/mol. The van der Waals surface area contributed by atoms with Crippen LogP contribution in [0.1, 0.15) is 18.5 Å². The molecule has 0 radical (unpaired) electrons. The summed E-state index contributed by atoms with van der Waals surface area (Å²) < 4.78 is 19.6. The second-order valence-electron chi connectivity index (χ2n) is 4.43. The highest BCUT2D eigenvalue weighted by Crippen LogP contribution is 2.28. The number of pyridine rings is 1. The van der Waals surface area contributed by atoms with Crippen LogP contribution in [-0.2, 0) is 4.79 Å². The number of carbonyl (C=O) groups is 1. The van der Waals surface area contributed by atoms with Gasteiger partial charge < -0.3 is 10.1 Å². The number of rotatable bonds is 4. The quantitative estimate of drug-likeness (QED) is 0.911. The summed E-state index contributed by atoms with van der Waals surface area (Å²) in [7, 11) is 1.54. The van der Waals surface area contributed by atoms with Gasteiger partial charge in [0.05, 0.1) is 23.2 Å². The Morgan fingerprint density at radius 3 is 2.86 bits per heavy atom. The van der Waals surface area contributed by atoms with Crippen molar-refractivity contribution in [1.82, 2.24) is 4.98 Å². The lowest BCUT2D eigenvalue weighted by Crippen LogP contribution is -2.20. The van der Waals surface area contributed by atoms with Gasteiger partial charge in [0.15, 0.2) is 0 Å². The minimum Gasteiger partial charge on any atom is -0.495 e. The molecular formula is C15H14BrFN2O2. The number of amides is 1. The zero-order chi connectivity index (χ0) is 15.4. The summed E-state index contributed by atoms with van der Waals surface area (Å²) in [6.07, 6.45) is 1.46. The van der Waals surface area contributed by atoms with Crippen molar-refractivity contribution in [2.75, 3.05) is 12.4 Å². The Morgan fingerprint density at radius 2 is 2.19 bits per heavy atom. The van der Waals surface area contributed by atoms with Crippen LogP contribution in [0.4, 0.5) is 10.1 Å². The van der Waals surface area contributed by atoms with E-state index in [2.05, 4.69) is 26.2 Å². The molecular weight excluding hydrogens is 339 g/mol. The lowest BCUT2D eigenvalue weighted by atomic mass is 10.1. The van der Waals surface area contributed by atoms with Gasteiger partial charge in [0, 0.05) is 18.0 Å². The molecule has 0 fully saturated rings. The maximum atomic E-state index is 13.6. The van der Waals surface area contributed by atoms with Crippen molar-refractivity contribution < 1.29 is 13.9 Å². The minimum atomic E-state index is -0.694. The fourth-order valence-corrected chi connectivity index (χ4v) is 2.24. The third-order valence-corrected chi connectivity index (χ3v) is 3.66. The second kappa shape index (κ2) is 6.67. The van der Waals surface area contributed by atoms with Gasteiger partial charge in [-0.25, -0.2) is 4.39 Å². The smallest absolute Gasteiger partial charge is 0.233 e. The molecule has 0 bridgehead atoms. The highest BCUT2D eigenvalue weighted by molar-refractivity contribution is 9.10. The van der Waals surface area contributed by atoms with Crippen LogP contribution in [0.25, 0.3) is 0 Å². The summed E-state index contributed by atoms with van der Waals surface area (Å²) in [5, 5.41) is 2.72. The molecule has 0 aliphatic heterocycles. The van der Waals surface area contributed by atoms with Gasteiger partial charge in [0.2, 0.25) is 5.91 Å². The fraction of sp³-hybridized carbons (Fsp3) is 0.200. The van der Waals surface area contributed by atoms with Crippen LogP contribution in [0.2, 0.25) is 0 Å². The van der Waals surface area contributed by atoms with Crippen molar-refractivity contribution in [3.63, 3.8) is 0 Å². The van der Waals surface area contributed by atoms with Gasteiger partial charge in [0.25, 0.3) is 0 Å². The summed E-state index contributed by atoms with van der Waals surface area (Å²) in [5.41, 5.74) is 0.697. The summed E-state index contributed by atoms with van der Waals surface area (Å²) in [4.78, 5) is 16.1. The van der Waals surface area contributed by atoms with Crippen molar-refractivity contribution in [3.8, 4) is 5.75 Å². The number of methoxy groups -OCH3 is 1. The number of ether oxygens (including phenoxy) is 1. The number of aromatic nitrogens is 1. The third-order valence-electron chi connectivity index (χ3n) is 3.01. The van der Waals surface area contributed by atoms with Gasteiger partial charge in [-0.1, -0.05) is 0 Å². The van der Waals surface area contributed by atoms with E-state index in [-0.39, 0.29) is 11.6 Å². The molecule has 1 amide bonds. The third kappa shape index (κ3) is 3.58. The molecule has 1 aromatic carbocycles. The van der Waals surface area contributed by atoms with Crippen LogP contribution in [-0.4, -0.2) is 18.0 Å². The van der Waals surface area contributed by atoms with Crippen LogP contribution in [0.15, 0.2) is 41.0 Å². The van der Waals surface area contributed by atoms with Crippen LogP contribution in [0, 0.1) is 5.82 Å². The lowest BCUT2D eigenvalue weighted by Gasteiger charge is -2.13. The van der Waals surface area contributed by atoms with Gasteiger partial charge in [-0.15, -0.1) is 0 Å². The summed E-state index contributed by atoms with van der Waals surface area (Å²) in [6.45, 7) is 1.61. The van der Waals surface area contributed by atoms with E-state index in [4.69, 9.17) is 4.74 Å². The van der Waals surface area contributed by atoms with E-state index in [0.717, 1.165) is 4.47 Å². The van der Waals surface area contributed by atoms with Crippen LogP contribution in [0.3, 0.4) is 0 Å². The summed E-state index contributed by atoms with van der Waals surface area (Å²) in [5.74, 6) is -0.921. The molecule has 0 saturated heterocycles. The first kappa shape index (κ1) is 15.4. The highest BCUT2D eigenvalue weighted by Gasteiger charge is 2.20. The predicted octanol–water partition coefficient (Wildman–Crippen LogP) is 3.73. The highest BCUT2D eigenvalue weighted by atomic mass is 79.9.